The first kappa shape index (κ1) is 16.5. The number of rotatable bonds is 4. The van der Waals surface area contributed by atoms with E-state index in [2.05, 4.69) is 10.5 Å². The number of hydrogen-bond acceptors (Lipinski definition) is 5. The molecular formula is C18H23N3O3. The fraction of sp³-hybridized carbons (Fsp3) is 0.444. The summed E-state index contributed by atoms with van der Waals surface area (Å²) in [5.41, 5.74) is 3.41. The molecule has 0 spiro atoms. The zero-order valence-electron chi connectivity index (χ0n) is 14.1. The van der Waals surface area contributed by atoms with Gasteiger partial charge in [0.25, 0.3) is 5.91 Å². The molecule has 1 aromatic carbocycles. The highest BCUT2D eigenvalue weighted by atomic mass is 16.5. The number of aromatic nitrogens is 1. The van der Waals surface area contributed by atoms with E-state index in [9.17, 15) is 9.90 Å². The van der Waals surface area contributed by atoms with Crippen molar-refractivity contribution in [1.82, 2.24) is 10.1 Å². The van der Waals surface area contributed by atoms with Gasteiger partial charge in [-0.2, -0.15) is 0 Å². The number of likely N-dealkylation sites (tertiary alicyclic amines) is 1. The maximum Gasteiger partial charge on any atom is 0.254 e. The lowest BCUT2D eigenvalue weighted by Crippen LogP contribution is -2.42. The van der Waals surface area contributed by atoms with E-state index in [4.69, 9.17) is 4.52 Å². The van der Waals surface area contributed by atoms with E-state index in [0.717, 1.165) is 35.5 Å². The van der Waals surface area contributed by atoms with Gasteiger partial charge >= 0.3 is 0 Å². The first-order chi connectivity index (χ1) is 11.5. The fourth-order valence-electron chi connectivity index (χ4n) is 3.03. The molecule has 1 fully saturated rings. The Kier molecular flexibility index (Phi) is 4.85. The summed E-state index contributed by atoms with van der Waals surface area (Å²) in [5, 5.41) is 17.0. The van der Waals surface area contributed by atoms with Crippen LogP contribution >= 0.6 is 0 Å². The van der Waals surface area contributed by atoms with Crippen LogP contribution in [0.4, 0.5) is 5.69 Å². The number of nitrogens with one attached hydrogen (secondary N) is 1. The third-order valence-electron chi connectivity index (χ3n) is 4.44. The molecule has 6 heteroatoms. The Labute approximate surface area is 141 Å². The minimum atomic E-state index is -0.413. The van der Waals surface area contributed by atoms with E-state index in [1.165, 1.54) is 0 Å². The molecule has 6 nitrogen and oxygen atoms in total. The Hall–Kier alpha value is -2.34. The van der Waals surface area contributed by atoms with Crippen LogP contribution in [0.3, 0.4) is 0 Å². The van der Waals surface area contributed by atoms with Gasteiger partial charge in [-0.15, -0.1) is 0 Å². The number of aliphatic hydroxyl groups excluding tert-OH is 1. The number of aliphatic hydroxyl groups is 1. The Morgan fingerprint density at radius 1 is 1.46 bits per heavy atom. The van der Waals surface area contributed by atoms with Gasteiger partial charge in [0.1, 0.15) is 5.76 Å². The van der Waals surface area contributed by atoms with E-state index in [0.29, 0.717) is 25.2 Å². The maximum absolute atomic E-state index is 12.6. The van der Waals surface area contributed by atoms with Crippen LogP contribution in [-0.2, 0) is 6.54 Å². The lowest BCUT2D eigenvalue weighted by atomic mass is 10.1. The molecule has 0 aliphatic carbocycles. The van der Waals surface area contributed by atoms with E-state index in [1.807, 2.05) is 38.1 Å². The quantitative estimate of drug-likeness (QED) is 0.901. The zero-order valence-corrected chi connectivity index (χ0v) is 14.1. The van der Waals surface area contributed by atoms with Crippen molar-refractivity contribution in [2.75, 3.05) is 18.4 Å². The number of amides is 1. The van der Waals surface area contributed by atoms with Gasteiger partial charge in [0.2, 0.25) is 0 Å². The molecule has 3 rings (SSSR count). The lowest BCUT2D eigenvalue weighted by Gasteiger charge is -2.30. The highest BCUT2D eigenvalue weighted by Crippen LogP contribution is 2.19. The van der Waals surface area contributed by atoms with Crippen LogP contribution in [-0.4, -0.2) is 40.3 Å². The number of benzene rings is 1. The molecule has 128 valence electrons. The molecule has 1 atom stereocenters. The first-order valence-corrected chi connectivity index (χ1v) is 8.27. The second-order valence-electron chi connectivity index (χ2n) is 6.28. The van der Waals surface area contributed by atoms with E-state index >= 15 is 0 Å². The topological polar surface area (TPSA) is 78.6 Å². The Balaban J connectivity index is 1.68. The number of anilines is 1. The van der Waals surface area contributed by atoms with Crippen LogP contribution in [0.2, 0.25) is 0 Å². The molecule has 1 aliphatic rings. The van der Waals surface area contributed by atoms with Gasteiger partial charge in [0.15, 0.2) is 0 Å². The average molecular weight is 329 g/mol. The molecule has 1 saturated heterocycles. The average Bonchev–Trinajstić information content (AvgIpc) is 2.91. The lowest BCUT2D eigenvalue weighted by molar-refractivity contribution is 0.0474. The normalized spacial score (nSPS) is 17.8. The van der Waals surface area contributed by atoms with Crippen molar-refractivity contribution >= 4 is 11.6 Å². The molecule has 2 N–H and O–H groups in total. The van der Waals surface area contributed by atoms with Gasteiger partial charge in [0, 0.05) is 36.4 Å². The van der Waals surface area contributed by atoms with E-state index in [1.54, 1.807) is 4.90 Å². The van der Waals surface area contributed by atoms with Crippen LogP contribution in [0, 0.1) is 13.8 Å². The van der Waals surface area contributed by atoms with Gasteiger partial charge in [-0.25, -0.2) is 0 Å². The number of hydrogen-bond donors (Lipinski definition) is 2. The monoisotopic (exact) mass is 329 g/mol. The second-order valence-corrected chi connectivity index (χ2v) is 6.28. The predicted molar refractivity (Wildman–Crippen MR) is 90.9 cm³/mol. The molecule has 1 amide bonds. The zero-order chi connectivity index (χ0) is 17.1. The Bertz CT molecular complexity index is 707. The Morgan fingerprint density at radius 2 is 2.29 bits per heavy atom. The summed E-state index contributed by atoms with van der Waals surface area (Å²) in [7, 11) is 0. The largest absolute Gasteiger partial charge is 0.391 e. The number of β-amino-alcohol motifs (C(OH)–C–C–N with tert-alkyl or cyclic N) is 1. The third-order valence-corrected chi connectivity index (χ3v) is 4.44. The van der Waals surface area contributed by atoms with Crippen molar-refractivity contribution in [3.05, 3.63) is 46.8 Å². The summed E-state index contributed by atoms with van der Waals surface area (Å²) in [6.07, 6.45) is 1.20. The van der Waals surface area contributed by atoms with Crippen molar-refractivity contribution in [1.29, 1.82) is 0 Å². The SMILES string of the molecule is Cc1noc(C)c1CNc1cccc(C(=O)N2CCC[C@H](O)C2)c1. The number of aryl methyl sites for hydroxylation is 2. The number of piperidine rings is 1. The van der Waals surface area contributed by atoms with Gasteiger partial charge in [-0.05, 0) is 44.9 Å². The fourth-order valence-corrected chi connectivity index (χ4v) is 3.03. The Morgan fingerprint density at radius 3 is 3.00 bits per heavy atom. The molecule has 0 saturated carbocycles. The van der Waals surface area contributed by atoms with Crippen molar-refractivity contribution < 1.29 is 14.4 Å². The van der Waals surface area contributed by atoms with Crippen LogP contribution in [0.1, 0.15) is 40.2 Å². The minimum absolute atomic E-state index is 0.0326. The molecule has 1 aliphatic heterocycles. The number of nitrogens with zero attached hydrogens (tertiary/aromatic N) is 2. The summed E-state index contributed by atoms with van der Waals surface area (Å²) in [5.74, 6) is 0.768. The van der Waals surface area contributed by atoms with Gasteiger partial charge in [-0.1, -0.05) is 11.2 Å². The maximum atomic E-state index is 12.6. The van der Waals surface area contributed by atoms with Crippen molar-refractivity contribution in [3.63, 3.8) is 0 Å². The van der Waals surface area contributed by atoms with Crippen LogP contribution in [0.5, 0.6) is 0 Å². The first-order valence-electron chi connectivity index (χ1n) is 8.27. The van der Waals surface area contributed by atoms with Crippen molar-refractivity contribution in [3.8, 4) is 0 Å². The predicted octanol–water partition coefficient (Wildman–Crippen LogP) is 2.50. The molecule has 0 unspecified atom stereocenters. The van der Waals surface area contributed by atoms with Crippen LogP contribution in [0.25, 0.3) is 0 Å². The molecule has 2 aromatic rings. The van der Waals surface area contributed by atoms with Crippen LogP contribution in [0.15, 0.2) is 28.8 Å². The van der Waals surface area contributed by atoms with Crippen molar-refractivity contribution in [2.24, 2.45) is 0 Å². The highest BCUT2D eigenvalue weighted by molar-refractivity contribution is 5.95. The molecule has 2 heterocycles. The van der Waals surface area contributed by atoms with Crippen molar-refractivity contribution in [2.45, 2.75) is 39.3 Å². The molecule has 0 bridgehead atoms. The van der Waals surface area contributed by atoms with Gasteiger partial charge < -0.3 is 19.8 Å². The number of carbonyl (C=O) groups excluding carboxylic acids is 1. The summed E-state index contributed by atoms with van der Waals surface area (Å²) >= 11 is 0. The summed E-state index contributed by atoms with van der Waals surface area (Å²) in [4.78, 5) is 14.3. The van der Waals surface area contributed by atoms with Gasteiger partial charge in [-0.3, -0.25) is 4.79 Å². The molecule has 1 aromatic heterocycles. The van der Waals surface area contributed by atoms with Gasteiger partial charge in [0.05, 0.1) is 11.8 Å². The highest BCUT2D eigenvalue weighted by Gasteiger charge is 2.23. The molecule has 24 heavy (non-hydrogen) atoms. The van der Waals surface area contributed by atoms with E-state index < -0.39 is 6.10 Å². The summed E-state index contributed by atoms with van der Waals surface area (Å²) in [6, 6.07) is 7.45. The molecule has 0 radical (unpaired) electrons. The molecular weight excluding hydrogens is 306 g/mol. The summed E-state index contributed by atoms with van der Waals surface area (Å²) in [6.45, 7) is 5.51. The smallest absolute Gasteiger partial charge is 0.254 e. The number of carbonyl (C=O) groups is 1. The second kappa shape index (κ2) is 7.05. The van der Waals surface area contributed by atoms with Crippen LogP contribution < -0.4 is 5.32 Å². The third kappa shape index (κ3) is 3.59. The summed E-state index contributed by atoms with van der Waals surface area (Å²) < 4.78 is 5.16. The minimum Gasteiger partial charge on any atom is -0.391 e. The standard InChI is InChI=1S/C18H23N3O3/c1-12-17(13(2)24-20-12)10-19-15-6-3-5-14(9-15)18(23)21-8-4-7-16(22)11-21/h3,5-6,9,16,19,22H,4,7-8,10-11H2,1-2H3/t16-/m0/s1. The van der Waals surface area contributed by atoms with E-state index in [-0.39, 0.29) is 5.91 Å².